The molecule has 0 saturated heterocycles. The van der Waals surface area contributed by atoms with Gasteiger partial charge in [-0.25, -0.2) is 4.98 Å². The van der Waals surface area contributed by atoms with Crippen LogP contribution in [0.2, 0.25) is 0 Å². The van der Waals surface area contributed by atoms with Gasteiger partial charge >= 0.3 is 5.97 Å². The zero-order chi connectivity index (χ0) is 10.8. The zero-order valence-corrected chi connectivity index (χ0v) is 9.52. The summed E-state index contributed by atoms with van der Waals surface area (Å²) in [7, 11) is 0. The molecule has 15 heavy (non-hydrogen) atoms. The molecule has 78 valence electrons. The molecule has 1 heterocycles. The van der Waals surface area contributed by atoms with Crippen LogP contribution in [0.3, 0.4) is 0 Å². The van der Waals surface area contributed by atoms with Crippen molar-refractivity contribution in [3.8, 4) is 0 Å². The number of aliphatic carboxylic acids is 1. The van der Waals surface area contributed by atoms with Crippen molar-refractivity contribution < 1.29 is 9.90 Å². The molecule has 1 N–H and O–H groups in total. The fourth-order valence-electron chi connectivity index (χ4n) is 1.30. The van der Waals surface area contributed by atoms with E-state index in [1.54, 1.807) is 0 Å². The number of aromatic nitrogens is 1. The van der Waals surface area contributed by atoms with Crippen LogP contribution >= 0.6 is 24.0 Å². The number of hydrogen-bond donors (Lipinski definition) is 2. The standard InChI is InChI=1S/C10H9NO2S2/c12-9(13)5-4-8-11-10-6(14)2-1-3-7(10)15-8/h1-3,14H,4-5H2,(H,12,13). The van der Waals surface area contributed by atoms with Gasteiger partial charge in [-0.15, -0.1) is 24.0 Å². The maximum Gasteiger partial charge on any atom is 0.303 e. The van der Waals surface area contributed by atoms with Crippen molar-refractivity contribution in [2.45, 2.75) is 17.7 Å². The van der Waals surface area contributed by atoms with Crippen molar-refractivity contribution in [3.63, 3.8) is 0 Å². The molecular weight excluding hydrogens is 230 g/mol. The number of carbonyl (C=O) groups is 1. The minimum atomic E-state index is -0.791. The van der Waals surface area contributed by atoms with E-state index in [0.29, 0.717) is 6.42 Å². The van der Waals surface area contributed by atoms with Crippen LogP contribution in [0.4, 0.5) is 0 Å². The van der Waals surface area contributed by atoms with Gasteiger partial charge in [0.1, 0.15) is 0 Å². The van der Waals surface area contributed by atoms with Gasteiger partial charge in [-0.1, -0.05) is 6.07 Å². The van der Waals surface area contributed by atoms with E-state index in [1.165, 1.54) is 11.3 Å². The molecule has 0 amide bonds. The molecule has 0 unspecified atom stereocenters. The lowest BCUT2D eigenvalue weighted by molar-refractivity contribution is -0.136. The van der Waals surface area contributed by atoms with E-state index in [9.17, 15) is 4.79 Å². The molecule has 2 rings (SSSR count). The topological polar surface area (TPSA) is 50.2 Å². The Hall–Kier alpha value is -1.07. The van der Waals surface area contributed by atoms with E-state index in [4.69, 9.17) is 5.11 Å². The summed E-state index contributed by atoms with van der Waals surface area (Å²) >= 11 is 5.83. The van der Waals surface area contributed by atoms with Crippen LogP contribution in [0.25, 0.3) is 10.2 Å². The number of fused-ring (bicyclic) bond motifs is 1. The molecule has 0 aliphatic carbocycles. The van der Waals surface area contributed by atoms with E-state index in [1.807, 2.05) is 18.2 Å². The number of nitrogens with zero attached hydrogens (tertiary/aromatic N) is 1. The predicted octanol–water partition coefficient (Wildman–Crippen LogP) is 2.60. The summed E-state index contributed by atoms with van der Waals surface area (Å²) in [5, 5.41) is 9.42. The van der Waals surface area contributed by atoms with E-state index in [0.717, 1.165) is 20.1 Å². The molecule has 0 aliphatic rings. The second-order valence-corrected chi connectivity index (χ2v) is 4.72. The lowest BCUT2D eigenvalue weighted by atomic mass is 10.3. The van der Waals surface area contributed by atoms with Gasteiger partial charge in [-0.3, -0.25) is 4.79 Å². The van der Waals surface area contributed by atoms with Crippen molar-refractivity contribution in [2.24, 2.45) is 0 Å². The van der Waals surface area contributed by atoms with Crippen LogP contribution in [-0.4, -0.2) is 16.1 Å². The smallest absolute Gasteiger partial charge is 0.303 e. The van der Waals surface area contributed by atoms with Gasteiger partial charge in [0.2, 0.25) is 0 Å². The second-order valence-electron chi connectivity index (χ2n) is 3.13. The third-order valence-corrected chi connectivity index (χ3v) is 3.44. The number of benzene rings is 1. The summed E-state index contributed by atoms with van der Waals surface area (Å²) < 4.78 is 1.06. The van der Waals surface area contributed by atoms with Crippen molar-refractivity contribution in [1.82, 2.24) is 4.98 Å². The van der Waals surface area contributed by atoms with E-state index in [2.05, 4.69) is 17.6 Å². The molecule has 0 bridgehead atoms. The molecule has 0 spiro atoms. The molecule has 2 aromatic rings. The number of aryl methyl sites for hydroxylation is 1. The third kappa shape index (κ3) is 2.30. The van der Waals surface area contributed by atoms with Gasteiger partial charge in [0.05, 0.1) is 21.6 Å². The Morgan fingerprint density at radius 3 is 3.00 bits per heavy atom. The van der Waals surface area contributed by atoms with E-state index in [-0.39, 0.29) is 6.42 Å². The average molecular weight is 239 g/mol. The monoisotopic (exact) mass is 239 g/mol. The molecule has 3 nitrogen and oxygen atoms in total. The average Bonchev–Trinajstić information content (AvgIpc) is 2.59. The van der Waals surface area contributed by atoms with Crippen LogP contribution < -0.4 is 0 Å². The highest BCUT2D eigenvalue weighted by Crippen LogP contribution is 2.27. The summed E-state index contributed by atoms with van der Waals surface area (Å²) in [6.45, 7) is 0. The van der Waals surface area contributed by atoms with E-state index < -0.39 is 5.97 Å². The summed E-state index contributed by atoms with van der Waals surface area (Å²) in [5.41, 5.74) is 0.867. The van der Waals surface area contributed by atoms with Crippen molar-refractivity contribution in [3.05, 3.63) is 23.2 Å². The molecule has 0 fully saturated rings. The Bertz CT molecular complexity index is 507. The normalized spacial score (nSPS) is 10.7. The Morgan fingerprint density at radius 2 is 2.33 bits per heavy atom. The lowest BCUT2D eigenvalue weighted by Gasteiger charge is -1.90. The highest BCUT2D eigenvalue weighted by atomic mass is 32.1. The summed E-state index contributed by atoms with van der Waals surface area (Å²) in [6, 6.07) is 5.77. The minimum Gasteiger partial charge on any atom is -0.481 e. The zero-order valence-electron chi connectivity index (χ0n) is 7.80. The van der Waals surface area contributed by atoms with Gasteiger partial charge in [-0.05, 0) is 12.1 Å². The number of carboxylic acids is 1. The number of hydrogen-bond acceptors (Lipinski definition) is 4. The van der Waals surface area contributed by atoms with Crippen molar-refractivity contribution in [2.75, 3.05) is 0 Å². The first kappa shape index (κ1) is 10.4. The van der Waals surface area contributed by atoms with Crippen LogP contribution in [0.15, 0.2) is 23.1 Å². The molecule has 0 aliphatic heterocycles. The van der Waals surface area contributed by atoms with Crippen LogP contribution in [0, 0.1) is 0 Å². The minimum absolute atomic E-state index is 0.127. The molecule has 5 heteroatoms. The van der Waals surface area contributed by atoms with Crippen LogP contribution in [0.1, 0.15) is 11.4 Å². The van der Waals surface area contributed by atoms with Crippen molar-refractivity contribution >= 4 is 40.2 Å². The summed E-state index contributed by atoms with van der Waals surface area (Å²) in [5.74, 6) is -0.791. The predicted molar refractivity (Wildman–Crippen MR) is 62.8 cm³/mol. The number of para-hydroxylation sites is 1. The van der Waals surface area contributed by atoms with E-state index >= 15 is 0 Å². The SMILES string of the molecule is O=C(O)CCc1nc2c(S)cccc2s1. The number of thiazole rings is 1. The van der Waals surface area contributed by atoms with Crippen molar-refractivity contribution in [1.29, 1.82) is 0 Å². The quantitative estimate of drug-likeness (QED) is 0.809. The molecule has 0 radical (unpaired) electrons. The maximum absolute atomic E-state index is 10.4. The van der Waals surface area contributed by atoms with Crippen LogP contribution in [-0.2, 0) is 11.2 Å². The fraction of sp³-hybridized carbons (Fsp3) is 0.200. The highest BCUT2D eigenvalue weighted by Gasteiger charge is 2.07. The van der Waals surface area contributed by atoms with Gasteiger partial charge in [0.15, 0.2) is 0 Å². The van der Waals surface area contributed by atoms with Gasteiger partial charge in [-0.2, -0.15) is 0 Å². The molecule has 1 aromatic heterocycles. The first-order valence-electron chi connectivity index (χ1n) is 4.46. The Balaban J connectivity index is 2.31. The Labute approximate surface area is 96.2 Å². The fourth-order valence-corrected chi connectivity index (χ4v) is 2.63. The second kappa shape index (κ2) is 4.20. The first-order valence-corrected chi connectivity index (χ1v) is 5.72. The first-order chi connectivity index (χ1) is 7.16. The number of rotatable bonds is 3. The Kier molecular flexibility index (Phi) is 2.93. The van der Waals surface area contributed by atoms with Gasteiger partial charge < -0.3 is 5.11 Å². The molecule has 0 atom stereocenters. The van der Waals surface area contributed by atoms with Crippen LogP contribution in [0.5, 0.6) is 0 Å². The third-order valence-electron chi connectivity index (χ3n) is 1.99. The maximum atomic E-state index is 10.4. The summed E-state index contributed by atoms with van der Waals surface area (Å²) in [4.78, 5) is 15.6. The number of thiol groups is 1. The van der Waals surface area contributed by atoms with Gasteiger partial charge in [0.25, 0.3) is 0 Å². The molecular formula is C10H9NO2S2. The largest absolute Gasteiger partial charge is 0.481 e. The van der Waals surface area contributed by atoms with Gasteiger partial charge in [0, 0.05) is 11.3 Å². The molecule has 0 saturated carbocycles. The highest BCUT2D eigenvalue weighted by molar-refractivity contribution is 7.80. The Morgan fingerprint density at radius 1 is 1.53 bits per heavy atom. The number of carboxylic acid groups (broad SMARTS) is 1. The molecule has 1 aromatic carbocycles. The lowest BCUT2D eigenvalue weighted by Crippen LogP contribution is -1.96. The summed E-state index contributed by atoms with van der Waals surface area (Å²) in [6.07, 6.45) is 0.615.